The van der Waals surface area contributed by atoms with Gasteiger partial charge < -0.3 is 10.1 Å². The fraction of sp³-hybridized carbons (Fsp3) is 0.474. The molecule has 25 heavy (non-hydrogen) atoms. The predicted molar refractivity (Wildman–Crippen MR) is 97.5 cm³/mol. The minimum absolute atomic E-state index is 0.178. The van der Waals surface area contributed by atoms with Crippen LogP contribution in [0.15, 0.2) is 23.8 Å². The Bertz CT molecular complexity index is 709. The monoisotopic (exact) mass is 343 g/mol. The molecule has 0 spiro atoms. The van der Waals surface area contributed by atoms with Gasteiger partial charge in [0.1, 0.15) is 5.75 Å². The van der Waals surface area contributed by atoms with E-state index in [4.69, 9.17) is 4.74 Å². The third-order valence-corrected chi connectivity index (χ3v) is 4.62. The molecule has 2 aliphatic heterocycles. The number of nitrogens with one attached hydrogen (secondary N) is 2. The van der Waals surface area contributed by atoms with E-state index in [9.17, 15) is 9.59 Å². The highest BCUT2D eigenvalue weighted by Gasteiger charge is 2.29. The van der Waals surface area contributed by atoms with E-state index in [-0.39, 0.29) is 30.4 Å². The second-order valence-corrected chi connectivity index (χ2v) is 7.03. The summed E-state index contributed by atoms with van der Waals surface area (Å²) in [6.45, 7) is 8.13. The van der Waals surface area contributed by atoms with Crippen LogP contribution in [-0.4, -0.2) is 48.5 Å². The van der Waals surface area contributed by atoms with E-state index < -0.39 is 0 Å². The number of anilines is 1. The van der Waals surface area contributed by atoms with Gasteiger partial charge in [-0.15, -0.1) is 0 Å². The molecule has 2 N–H and O–H groups in total. The molecule has 1 saturated heterocycles. The number of ether oxygens (including phenoxy) is 1. The van der Waals surface area contributed by atoms with Crippen molar-refractivity contribution >= 4 is 23.6 Å². The molecular formula is C19H25N3O3. The van der Waals surface area contributed by atoms with Gasteiger partial charge in [0, 0.05) is 17.8 Å². The van der Waals surface area contributed by atoms with Crippen molar-refractivity contribution in [1.82, 2.24) is 10.2 Å². The molecule has 6 heteroatoms. The average Bonchev–Trinajstić information content (AvgIpc) is 2.52. The topological polar surface area (TPSA) is 70.7 Å². The highest BCUT2D eigenvalue weighted by atomic mass is 16.5. The number of piperazine rings is 1. The molecule has 0 aliphatic carbocycles. The fourth-order valence-electron chi connectivity index (χ4n) is 3.33. The maximum absolute atomic E-state index is 11.5. The van der Waals surface area contributed by atoms with Gasteiger partial charge in [0.25, 0.3) is 0 Å². The highest BCUT2D eigenvalue weighted by molar-refractivity contribution is 5.99. The van der Waals surface area contributed by atoms with Crippen molar-refractivity contribution in [2.24, 2.45) is 0 Å². The molecule has 6 nitrogen and oxygen atoms in total. The van der Waals surface area contributed by atoms with Gasteiger partial charge in [-0.2, -0.15) is 0 Å². The average molecular weight is 343 g/mol. The first-order valence-electron chi connectivity index (χ1n) is 8.68. The summed E-state index contributed by atoms with van der Waals surface area (Å²) in [5.74, 6) is 0.410. The number of amides is 2. The maximum atomic E-state index is 11.5. The van der Waals surface area contributed by atoms with E-state index in [0.717, 1.165) is 23.4 Å². The van der Waals surface area contributed by atoms with E-state index in [0.29, 0.717) is 13.2 Å². The number of hydrogen-bond donors (Lipinski definition) is 2. The number of nitrogens with zero attached hydrogens (tertiary/aromatic N) is 1. The Labute approximate surface area is 148 Å². The Morgan fingerprint density at radius 1 is 1.20 bits per heavy atom. The van der Waals surface area contributed by atoms with Crippen LogP contribution in [0.2, 0.25) is 0 Å². The van der Waals surface area contributed by atoms with Crippen molar-refractivity contribution in [3.05, 3.63) is 29.3 Å². The van der Waals surface area contributed by atoms with Crippen molar-refractivity contribution in [3.8, 4) is 5.75 Å². The molecule has 2 amide bonds. The lowest BCUT2D eigenvalue weighted by Gasteiger charge is -2.36. The summed E-state index contributed by atoms with van der Waals surface area (Å²) in [4.78, 5) is 24.9. The second kappa shape index (κ2) is 6.88. The number of rotatable bonds is 5. The van der Waals surface area contributed by atoms with Crippen LogP contribution in [0.3, 0.4) is 0 Å². The van der Waals surface area contributed by atoms with Crippen LogP contribution >= 0.6 is 0 Å². The van der Waals surface area contributed by atoms with E-state index in [2.05, 4.69) is 30.6 Å². The van der Waals surface area contributed by atoms with E-state index in [1.54, 1.807) is 0 Å². The largest absolute Gasteiger partial charge is 0.494 e. The van der Waals surface area contributed by atoms with Crippen molar-refractivity contribution in [2.75, 3.05) is 31.6 Å². The third-order valence-electron chi connectivity index (χ3n) is 4.62. The maximum Gasteiger partial charge on any atom is 0.240 e. The molecular weight excluding hydrogens is 318 g/mol. The lowest BCUT2D eigenvalue weighted by molar-refractivity contribution is -0.135. The van der Waals surface area contributed by atoms with Gasteiger partial charge in [-0.3, -0.25) is 19.8 Å². The Kier molecular flexibility index (Phi) is 4.81. The van der Waals surface area contributed by atoms with Crippen LogP contribution in [0.4, 0.5) is 5.69 Å². The van der Waals surface area contributed by atoms with Crippen LogP contribution in [-0.2, 0) is 9.59 Å². The third kappa shape index (κ3) is 4.02. The summed E-state index contributed by atoms with van der Waals surface area (Å²) < 4.78 is 5.59. The molecule has 0 bridgehead atoms. The second-order valence-electron chi connectivity index (χ2n) is 7.03. The van der Waals surface area contributed by atoms with Gasteiger partial charge in [0.2, 0.25) is 11.8 Å². The zero-order valence-electron chi connectivity index (χ0n) is 15.0. The Morgan fingerprint density at radius 3 is 2.60 bits per heavy atom. The van der Waals surface area contributed by atoms with E-state index in [1.165, 1.54) is 5.57 Å². The first kappa shape index (κ1) is 17.5. The van der Waals surface area contributed by atoms with E-state index in [1.807, 2.05) is 30.0 Å². The normalized spacial score (nSPS) is 19.6. The molecule has 0 atom stereocenters. The zero-order valence-corrected chi connectivity index (χ0v) is 15.0. The standard InChI is InChI=1S/C19H25N3O3/c1-4-25-15-5-6-16-13(10-15)9-14(19(2,3)21-16)7-8-22-11-17(23)20-18(24)12-22/h5-6,9-10,21H,4,7-8,11-12H2,1-3H3,(H,20,23,24). The van der Waals surface area contributed by atoms with Crippen molar-refractivity contribution in [1.29, 1.82) is 0 Å². The minimum Gasteiger partial charge on any atom is -0.494 e. The molecule has 0 radical (unpaired) electrons. The lowest BCUT2D eigenvalue weighted by Crippen LogP contribution is -2.51. The summed E-state index contributed by atoms with van der Waals surface area (Å²) in [6.07, 6.45) is 2.99. The molecule has 0 aromatic heterocycles. The zero-order chi connectivity index (χ0) is 18.0. The quantitative estimate of drug-likeness (QED) is 0.801. The summed E-state index contributed by atoms with van der Waals surface area (Å²) in [5, 5.41) is 5.91. The summed E-state index contributed by atoms with van der Waals surface area (Å²) >= 11 is 0. The molecule has 1 aromatic rings. The molecule has 3 rings (SSSR count). The Balaban J connectivity index is 1.75. The highest BCUT2D eigenvalue weighted by Crippen LogP contribution is 2.36. The fourth-order valence-corrected chi connectivity index (χ4v) is 3.33. The van der Waals surface area contributed by atoms with Crippen LogP contribution in [0, 0.1) is 0 Å². The molecule has 2 heterocycles. The Morgan fingerprint density at radius 2 is 1.92 bits per heavy atom. The number of carbonyl (C=O) groups is 2. The number of carbonyl (C=O) groups excluding carboxylic acids is 2. The number of hydrogen-bond acceptors (Lipinski definition) is 5. The van der Waals surface area contributed by atoms with Gasteiger partial charge >= 0.3 is 0 Å². The van der Waals surface area contributed by atoms with Gasteiger partial charge in [-0.1, -0.05) is 6.08 Å². The van der Waals surface area contributed by atoms with Crippen LogP contribution in [0.1, 0.15) is 32.8 Å². The van der Waals surface area contributed by atoms with E-state index >= 15 is 0 Å². The molecule has 1 fully saturated rings. The Hall–Kier alpha value is -2.34. The molecule has 134 valence electrons. The lowest BCUT2D eigenvalue weighted by atomic mass is 9.85. The number of imide groups is 1. The van der Waals surface area contributed by atoms with Gasteiger partial charge in [-0.05, 0) is 51.0 Å². The number of benzene rings is 1. The molecule has 0 saturated carbocycles. The van der Waals surface area contributed by atoms with Crippen LogP contribution in [0.5, 0.6) is 5.75 Å². The van der Waals surface area contributed by atoms with Gasteiger partial charge in [0.15, 0.2) is 0 Å². The molecule has 1 aromatic carbocycles. The minimum atomic E-state index is -0.224. The van der Waals surface area contributed by atoms with Crippen LogP contribution < -0.4 is 15.4 Å². The molecule has 0 unspecified atom stereocenters. The predicted octanol–water partition coefficient (Wildman–Crippen LogP) is 2.02. The van der Waals surface area contributed by atoms with Crippen molar-refractivity contribution < 1.29 is 14.3 Å². The smallest absolute Gasteiger partial charge is 0.240 e. The van der Waals surface area contributed by atoms with Crippen LogP contribution in [0.25, 0.3) is 6.08 Å². The first-order chi connectivity index (χ1) is 11.9. The first-order valence-corrected chi connectivity index (χ1v) is 8.68. The van der Waals surface area contributed by atoms with Crippen molar-refractivity contribution in [3.63, 3.8) is 0 Å². The van der Waals surface area contributed by atoms with Crippen molar-refractivity contribution in [2.45, 2.75) is 32.7 Å². The summed E-state index contributed by atoms with van der Waals surface area (Å²) in [5.41, 5.74) is 3.26. The SMILES string of the molecule is CCOc1ccc2c(c1)C=C(CCN1CC(=O)NC(=O)C1)C(C)(C)N2. The summed E-state index contributed by atoms with van der Waals surface area (Å²) in [7, 11) is 0. The molecule has 2 aliphatic rings. The van der Waals surface area contributed by atoms with Gasteiger partial charge in [0.05, 0.1) is 25.2 Å². The number of fused-ring (bicyclic) bond motifs is 1. The van der Waals surface area contributed by atoms with Gasteiger partial charge in [-0.25, -0.2) is 0 Å². The summed E-state index contributed by atoms with van der Waals surface area (Å²) in [6, 6.07) is 6.06.